The van der Waals surface area contributed by atoms with Gasteiger partial charge in [-0.25, -0.2) is 0 Å². The summed E-state index contributed by atoms with van der Waals surface area (Å²) in [6.45, 7) is 0.525. The SMILES string of the molecule is CNc1ccc(OC2CC2)c(CN)c1. The van der Waals surface area contributed by atoms with Gasteiger partial charge in [-0.15, -0.1) is 0 Å². The molecular formula is C11H16N2O. The van der Waals surface area contributed by atoms with E-state index in [1.807, 2.05) is 25.2 Å². The molecule has 1 aromatic carbocycles. The molecule has 3 heteroatoms. The van der Waals surface area contributed by atoms with Crippen LogP contribution in [0.25, 0.3) is 0 Å². The molecule has 1 aliphatic carbocycles. The number of hydrogen-bond donors (Lipinski definition) is 2. The first kappa shape index (κ1) is 9.34. The van der Waals surface area contributed by atoms with E-state index in [0.717, 1.165) is 17.0 Å². The van der Waals surface area contributed by atoms with Gasteiger partial charge in [-0.2, -0.15) is 0 Å². The minimum atomic E-state index is 0.431. The largest absolute Gasteiger partial charge is 0.490 e. The van der Waals surface area contributed by atoms with Crippen molar-refractivity contribution in [3.8, 4) is 5.75 Å². The van der Waals surface area contributed by atoms with Crippen molar-refractivity contribution in [1.29, 1.82) is 0 Å². The summed E-state index contributed by atoms with van der Waals surface area (Å²) in [6, 6.07) is 6.04. The van der Waals surface area contributed by atoms with Gasteiger partial charge in [0, 0.05) is 24.8 Å². The molecule has 0 amide bonds. The molecule has 0 radical (unpaired) electrons. The Hall–Kier alpha value is -1.22. The molecule has 0 unspecified atom stereocenters. The molecule has 2 rings (SSSR count). The number of hydrogen-bond acceptors (Lipinski definition) is 3. The van der Waals surface area contributed by atoms with Gasteiger partial charge in [0.15, 0.2) is 0 Å². The fourth-order valence-corrected chi connectivity index (χ4v) is 1.37. The number of rotatable bonds is 4. The maximum atomic E-state index is 5.74. The van der Waals surface area contributed by atoms with E-state index in [9.17, 15) is 0 Å². The highest BCUT2D eigenvalue weighted by molar-refractivity contribution is 5.50. The smallest absolute Gasteiger partial charge is 0.124 e. The molecular weight excluding hydrogens is 176 g/mol. The molecule has 0 saturated heterocycles. The lowest BCUT2D eigenvalue weighted by atomic mass is 10.2. The number of nitrogens with two attached hydrogens (primary N) is 1. The van der Waals surface area contributed by atoms with Crippen LogP contribution in [0.4, 0.5) is 5.69 Å². The van der Waals surface area contributed by atoms with E-state index in [-0.39, 0.29) is 0 Å². The molecule has 0 atom stereocenters. The first-order chi connectivity index (χ1) is 6.83. The number of benzene rings is 1. The number of ether oxygens (including phenoxy) is 1. The first-order valence-electron chi connectivity index (χ1n) is 5.01. The van der Waals surface area contributed by atoms with Crippen LogP contribution in [-0.2, 0) is 6.54 Å². The summed E-state index contributed by atoms with van der Waals surface area (Å²) < 4.78 is 5.74. The molecule has 0 heterocycles. The van der Waals surface area contributed by atoms with Crippen molar-refractivity contribution in [2.24, 2.45) is 5.73 Å². The lowest BCUT2D eigenvalue weighted by Gasteiger charge is -2.11. The van der Waals surface area contributed by atoms with Crippen molar-refractivity contribution in [3.63, 3.8) is 0 Å². The van der Waals surface area contributed by atoms with Gasteiger partial charge in [-0.3, -0.25) is 0 Å². The second-order valence-electron chi connectivity index (χ2n) is 3.59. The number of anilines is 1. The second kappa shape index (κ2) is 3.88. The zero-order valence-electron chi connectivity index (χ0n) is 8.42. The van der Waals surface area contributed by atoms with Gasteiger partial charge in [-0.1, -0.05) is 0 Å². The number of nitrogens with one attached hydrogen (secondary N) is 1. The van der Waals surface area contributed by atoms with E-state index in [1.54, 1.807) is 0 Å². The van der Waals surface area contributed by atoms with Crippen LogP contribution >= 0.6 is 0 Å². The van der Waals surface area contributed by atoms with E-state index in [0.29, 0.717) is 12.6 Å². The van der Waals surface area contributed by atoms with Crippen LogP contribution in [0.15, 0.2) is 18.2 Å². The van der Waals surface area contributed by atoms with Crippen LogP contribution in [-0.4, -0.2) is 13.2 Å². The molecule has 1 fully saturated rings. The Kier molecular flexibility index (Phi) is 2.59. The van der Waals surface area contributed by atoms with Crippen molar-refractivity contribution in [2.45, 2.75) is 25.5 Å². The van der Waals surface area contributed by atoms with Crippen molar-refractivity contribution < 1.29 is 4.74 Å². The summed E-state index contributed by atoms with van der Waals surface area (Å²) in [5, 5.41) is 3.09. The summed E-state index contributed by atoms with van der Waals surface area (Å²) in [7, 11) is 1.90. The van der Waals surface area contributed by atoms with E-state index in [2.05, 4.69) is 5.32 Å². The highest BCUT2D eigenvalue weighted by Crippen LogP contribution is 2.30. The average molecular weight is 192 g/mol. The lowest BCUT2D eigenvalue weighted by Crippen LogP contribution is -2.04. The fourth-order valence-electron chi connectivity index (χ4n) is 1.37. The summed E-state index contributed by atoms with van der Waals surface area (Å²) in [6.07, 6.45) is 2.79. The Labute approximate surface area is 84.3 Å². The third-order valence-corrected chi connectivity index (χ3v) is 2.39. The van der Waals surface area contributed by atoms with Crippen molar-refractivity contribution >= 4 is 5.69 Å². The summed E-state index contributed by atoms with van der Waals surface area (Å²) in [5.41, 5.74) is 7.81. The molecule has 0 aromatic heterocycles. The van der Waals surface area contributed by atoms with Gasteiger partial charge in [0.05, 0.1) is 6.10 Å². The van der Waals surface area contributed by atoms with Crippen LogP contribution in [0.5, 0.6) is 5.75 Å². The molecule has 3 nitrogen and oxygen atoms in total. The zero-order valence-corrected chi connectivity index (χ0v) is 8.42. The zero-order chi connectivity index (χ0) is 9.97. The normalized spacial score (nSPS) is 15.3. The molecule has 14 heavy (non-hydrogen) atoms. The molecule has 0 spiro atoms. The minimum Gasteiger partial charge on any atom is -0.490 e. The topological polar surface area (TPSA) is 47.3 Å². The standard InChI is InChI=1S/C11H16N2O/c1-13-9-2-5-11(8(6-9)7-12)14-10-3-4-10/h2,5-6,10,13H,3-4,7,12H2,1H3. The maximum Gasteiger partial charge on any atom is 0.124 e. The molecule has 76 valence electrons. The Morgan fingerprint density at radius 2 is 2.29 bits per heavy atom. The quantitative estimate of drug-likeness (QED) is 0.763. The average Bonchev–Trinajstić information content (AvgIpc) is 3.02. The molecule has 0 bridgehead atoms. The van der Waals surface area contributed by atoms with Gasteiger partial charge in [0.25, 0.3) is 0 Å². The van der Waals surface area contributed by atoms with Crippen molar-refractivity contribution in [3.05, 3.63) is 23.8 Å². The van der Waals surface area contributed by atoms with Crippen molar-refractivity contribution in [1.82, 2.24) is 0 Å². The highest BCUT2D eigenvalue weighted by Gasteiger charge is 2.24. The van der Waals surface area contributed by atoms with E-state index < -0.39 is 0 Å². The van der Waals surface area contributed by atoms with Crippen LogP contribution in [0.2, 0.25) is 0 Å². The lowest BCUT2D eigenvalue weighted by molar-refractivity contribution is 0.300. The van der Waals surface area contributed by atoms with E-state index in [1.165, 1.54) is 12.8 Å². The predicted molar refractivity (Wildman–Crippen MR) is 57.5 cm³/mol. The predicted octanol–water partition coefficient (Wildman–Crippen LogP) is 1.73. The molecule has 3 N–H and O–H groups in total. The molecule has 1 saturated carbocycles. The summed E-state index contributed by atoms with van der Waals surface area (Å²) in [5.74, 6) is 0.939. The van der Waals surface area contributed by atoms with Gasteiger partial charge in [0.1, 0.15) is 5.75 Å². The summed E-state index contributed by atoms with van der Waals surface area (Å²) in [4.78, 5) is 0. The van der Waals surface area contributed by atoms with Gasteiger partial charge >= 0.3 is 0 Å². The highest BCUT2D eigenvalue weighted by atomic mass is 16.5. The Balaban J connectivity index is 2.19. The van der Waals surface area contributed by atoms with Crippen LogP contribution in [0, 0.1) is 0 Å². The Bertz CT molecular complexity index is 321. The third kappa shape index (κ3) is 1.99. The maximum absolute atomic E-state index is 5.74. The fraction of sp³-hybridized carbons (Fsp3) is 0.455. The first-order valence-corrected chi connectivity index (χ1v) is 5.01. The molecule has 1 aromatic rings. The van der Waals surface area contributed by atoms with Crippen LogP contribution in [0.3, 0.4) is 0 Å². The Morgan fingerprint density at radius 1 is 1.50 bits per heavy atom. The molecule has 0 aliphatic heterocycles. The van der Waals surface area contributed by atoms with E-state index >= 15 is 0 Å². The van der Waals surface area contributed by atoms with Gasteiger partial charge in [0.2, 0.25) is 0 Å². The van der Waals surface area contributed by atoms with Crippen LogP contribution in [0.1, 0.15) is 18.4 Å². The van der Waals surface area contributed by atoms with Gasteiger partial charge in [-0.05, 0) is 31.0 Å². The van der Waals surface area contributed by atoms with Crippen LogP contribution < -0.4 is 15.8 Å². The Morgan fingerprint density at radius 3 is 2.86 bits per heavy atom. The second-order valence-corrected chi connectivity index (χ2v) is 3.59. The van der Waals surface area contributed by atoms with Gasteiger partial charge < -0.3 is 15.8 Å². The third-order valence-electron chi connectivity index (χ3n) is 2.39. The molecule has 1 aliphatic rings. The van der Waals surface area contributed by atoms with E-state index in [4.69, 9.17) is 10.5 Å². The monoisotopic (exact) mass is 192 g/mol. The van der Waals surface area contributed by atoms with Crippen molar-refractivity contribution in [2.75, 3.05) is 12.4 Å². The minimum absolute atomic E-state index is 0.431. The summed E-state index contributed by atoms with van der Waals surface area (Å²) >= 11 is 0.